The SMILES string of the molecule is Nc1c(CN2CCCCC2)c(=O)oc2ccccc12. The third-order valence-electron chi connectivity index (χ3n) is 3.78. The van der Waals surface area contributed by atoms with Crippen LogP contribution in [0.15, 0.2) is 33.5 Å². The van der Waals surface area contributed by atoms with Crippen LogP contribution in [0.1, 0.15) is 24.8 Å². The van der Waals surface area contributed by atoms with E-state index in [0.717, 1.165) is 18.5 Å². The molecule has 0 spiro atoms. The number of piperidine rings is 1. The number of para-hydroxylation sites is 1. The van der Waals surface area contributed by atoms with Crippen molar-refractivity contribution in [2.75, 3.05) is 18.8 Å². The Morgan fingerprint density at radius 2 is 1.89 bits per heavy atom. The van der Waals surface area contributed by atoms with Crippen molar-refractivity contribution in [3.05, 3.63) is 40.2 Å². The van der Waals surface area contributed by atoms with Crippen molar-refractivity contribution in [3.8, 4) is 0 Å². The molecule has 1 aliphatic heterocycles. The summed E-state index contributed by atoms with van der Waals surface area (Å²) in [6.07, 6.45) is 3.66. The molecular weight excluding hydrogens is 240 g/mol. The molecule has 0 aliphatic carbocycles. The summed E-state index contributed by atoms with van der Waals surface area (Å²) in [6, 6.07) is 7.42. The first-order valence-electron chi connectivity index (χ1n) is 6.78. The first kappa shape index (κ1) is 12.2. The fraction of sp³-hybridized carbons (Fsp3) is 0.400. The van der Waals surface area contributed by atoms with E-state index in [1.807, 2.05) is 18.2 Å². The van der Waals surface area contributed by atoms with E-state index in [-0.39, 0.29) is 5.63 Å². The zero-order valence-electron chi connectivity index (χ0n) is 10.9. The van der Waals surface area contributed by atoms with Crippen molar-refractivity contribution < 1.29 is 4.42 Å². The quantitative estimate of drug-likeness (QED) is 0.840. The second-order valence-electron chi connectivity index (χ2n) is 5.11. The van der Waals surface area contributed by atoms with Crippen LogP contribution in [0, 0.1) is 0 Å². The third kappa shape index (κ3) is 2.36. The minimum absolute atomic E-state index is 0.304. The lowest BCUT2D eigenvalue weighted by atomic mass is 10.1. The second kappa shape index (κ2) is 5.05. The number of nitrogen functional groups attached to an aromatic ring is 1. The van der Waals surface area contributed by atoms with Gasteiger partial charge in [0.2, 0.25) is 0 Å². The van der Waals surface area contributed by atoms with Gasteiger partial charge in [0.1, 0.15) is 5.58 Å². The van der Waals surface area contributed by atoms with Gasteiger partial charge in [0, 0.05) is 11.9 Å². The molecule has 1 fully saturated rings. The number of nitrogens with two attached hydrogens (primary N) is 1. The van der Waals surface area contributed by atoms with Crippen molar-refractivity contribution in [1.82, 2.24) is 4.90 Å². The van der Waals surface area contributed by atoms with E-state index < -0.39 is 0 Å². The Labute approximate surface area is 111 Å². The van der Waals surface area contributed by atoms with E-state index in [2.05, 4.69) is 4.90 Å². The van der Waals surface area contributed by atoms with Gasteiger partial charge in [-0.15, -0.1) is 0 Å². The van der Waals surface area contributed by atoms with Crippen LogP contribution in [0.4, 0.5) is 5.69 Å². The van der Waals surface area contributed by atoms with E-state index in [0.29, 0.717) is 23.4 Å². The van der Waals surface area contributed by atoms with Gasteiger partial charge in [-0.1, -0.05) is 18.6 Å². The van der Waals surface area contributed by atoms with E-state index in [1.165, 1.54) is 19.3 Å². The lowest BCUT2D eigenvalue weighted by molar-refractivity contribution is 0.219. The zero-order chi connectivity index (χ0) is 13.2. The monoisotopic (exact) mass is 258 g/mol. The summed E-state index contributed by atoms with van der Waals surface area (Å²) in [7, 11) is 0. The van der Waals surface area contributed by atoms with Crippen molar-refractivity contribution >= 4 is 16.7 Å². The summed E-state index contributed by atoms with van der Waals surface area (Å²) < 4.78 is 5.35. The van der Waals surface area contributed by atoms with E-state index >= 15 is 0 Å². The topological polar surface area (TPSA) is 59.5 Å². The number of nitrogens with zero attached hydrogens (tertiary/aromatic N) is 1. The average molecular weight is 258 g/mol. The molecule has 4 nitrogen and oxygen atoms in total. The van der Waals surface area contributed by atoms with Gasteiger partial charge in [-0.3, -0.25) is 4.90 Å². The minimum atomic E-state index is -0.304. The largest absolute Gasteiger partial charge is 0.422 e. The maximum Gasteiger partial charge on any atom is 0.342 e. The van der Waals surface area contributed by atoms with Gasteiger partial charge in [0.05, 0.1) is 11.3 Å². The highest BCUT2D eigenvalue weighted by Gasteiger charge is 2.17. The van der Waals surface area contributed by atoms with Crippen LogP contribution < -0.4 is 11.4 Å². The van der Waals surface area contributed by atoms with Gasteiger partial charge < -0.3 is 10.2 Å². The number of anilines is 1. The summed E-state index contributed by atoms with van der Waals surface area (Å²) in [6.45, 7) is 2.66. The highest BCUT2D eigenvalue weighted by Crippen LogP contribution is 2.23. The van der Waals surface area contributed by atoms with Crippen LogP contribution in [-0.4, -0.2) is 18.0 Å². The molecule has 3 rings (SSSR count). The number of rotatable bonds is 2. The Bertz CT molecular complexity index is 642. The van der Waals surface area contributed by atoms with Crippen LogP contribution in [0.25, 0.3) is 11.0 Å². The highest BCUT2D eigenvalue weighted by molar-refractivity contribution is 5.89. The summed E-state index contributed by atoms with van der Waals surface area (Å²) in [5.74, 6) is 0. The summed E-state index contributed by atoms with van der Waals surface area (Å²) in [5, 5.41) is 0.828. The lowest BCUT2D eigenvalue weighted by Crippen LogP contribution is -2.31. The number of benzene rings is 1. The fourth-order valence-electron chi connectivity index (χ4n) is 2.70. The lowest BCUT2D eigenvalue weighted by Gasteiger charge is -2.26. The molecule has 2 heterocycles. The van der Waals surface area contributed by atoms with Crippen LogP contribution >= 0.6 is 0 Å². The van der Waals surface area contributed by atoms with Crippen molar-refractivity contribution in [1.29, 1.82) is 0 Å². The zero-order valence-corrected chi connectivity index (χ0v) is 10.9. The Kier molecular flexibility index (Phi) is 3.25. The second-order valence-corrected chi connectivity index (χ2v) is 5.11. The van der Waals surface area contributed by atoms with Crippen LogP contribution in [0.2, 0.25) is 0 Å². The van der Waals surface area contributed by atoms with Gasteiger partial charge in [0.25, 0.3) is 0 Å². The predicted molar refractivity (Wildman–Crippen MR) is 76.0 cm³/mol. The van der Waals surface area contributed by atoms with Crippen molar-refractivity contribution in [2.45, 2.75) is 25.8 Å². The van der Waals surface area contributed by atoms with Gasteiger partial charge in [0.15, 0.2) is 0 Å². The molecule has 0 radical (unpaired) electrons. The smallest absolute Gasteiger partial charge is 0.342 e. The van der Waals surface area contributed by atoms with Crippen LogP contribution in [-0.2, 0) is 6.54 Å². The molecule has 1 saturated heterocycles. The maximum atomic E-state index is 12.1. The predicted octanol–water partition coefficient (Wildman–Crippen LogP) is 2.36. The van der Waals surface area contributed by atoms with Crippen LogP contribution in [0.5, 0.6) is 0 Å². The first-order valence-corrected chi connectivity index (χ1v) is 6.78. The molecule has 0 unspecified atom stereocenters. The number of hydrogen-bond donors (Lipinski definition) is 1. The van der Waals surface area contributed by atoms with Gasteiger partial charge in [-0.05, 0) is 38.1 Å². The molecule has 0 saturated carbocycles. The Hall–Kier alpha value is -1.81. The number of hydrogen-bond acceptors (Lipinski definition) is 4. The van der Waals surface area contributed by atoms with Gasteiger partial charge >= 0.3 is 5.63 Å². The molecule has 0 bridgehead atoms. The molecule has 2 N–H and O–H groups in total. The molecule has 100 valence electrons. The summed E-state index contributed by atoms with van der Waals surface area (Å²) in [5.41, 5.74) is 7.57. The number of fused-ring (bicyclic) bond motifs is 1. The first-order chi connectivity index (χ1) is 9.25. The Balaban J connectivity index is 2.00. The molecular formula is C15H18N2O2. The molecule has 1 aromatic heterocycles. The maximum absolute atomic E-state index is 12.1. The van der Waals surface area contributed by atoms with Gasteiger partial charge in [-0.2, -0.15) is 0 Å². The molecule has 0 amide bonds. The Morgan fingerprint density at radius 1 is 1.16 bits per heavy atom. The summed E-state index contributed by atoms with van der Waals surface area (Å²) in [4.78, 5) is 14.3. The normalized spacial score (nSPS) is 16.8. The van der Waals surface area contributed by atoms with Crippen LogP contribution in [0.3, 0.4) is 0 Å². The highest BCUT2D eigenvalue weighted by atomic mass is 16.4. The average Bonchev–Trinajstić information content (AvgIpc) is 2.45. The molecule has 4 heteroatoms. The van der Waals surface area contributed by atoms with E-state index in [4.69, 9.17) is 10.2 Å². The van der Waals surface area contributed by atoms with E-state index in [1.54, 1.807) is 6.07 Å². The molecule has 1 aliphatic rings. The Morgan fingerprint density at radius 3 is 2.68 bits per heavy atom. The van der Waals surface area contributed by atoms with Gasteiger partial charge in [-0.25, -0.2) is 4.79 Å². The summed E-state index contributed by atoms with van der Waals surface area (Å²) >= 11 is 0. The molecule has 1 aromatic carbocycles. The fourth-order valence-corrected chi connectivity index (χ4v) is 2.70. The van der Waals surface area contributed by atoms with E-state index in [9.17, 15) is 4.79 Å². The molecule has 19 heavy (non-hydrogen) atoms. The molecule has 0 atom stereocenters. The number of likely N-dealkylation sites (tertiary alicyclic amines) is 1. The van der Waals surface area contributed by atoms with Crippen molar-refractivity contribution in [2.24, 2.45) is 0 Å². The minimum Gasteiger partial charge on any atom is -0.422 e. The standard InChI is InChI=1S/C15H18N2O2/c16-14-11-6-2-3-7-13(11)19-15(18)12(14)10-17-8-4-1-5-9-17/h2-3,6-7H,1,4-5,8-10,16H2. The molecule has 2 aromatic rings. The third-order valence-corrected chi connectivity index (χ3v) is 3.78. The van der Waals surface area contributed by atoms with Crippen molar-refractivity contribution in [3.63, 3.8) is 0 Å².